The fourth-order valence-corrected chi connectivity index (χ4v) is 1.79. The number of nitrogens with two attached hydrogens (primary N) is 2. The molecule has 1 aromatic heterocycles. The van der Waals surface area contributed by atoms with Crippen LogP contribution in [0.4, 0.5) is 24.8 Å². The summed E-state index contributed by atoms with van der Waals surface area (Å²) in [5, 5.41) is 2.96. The molecule has 21 heavy (non-hydrogen) atoms. The number of hydrogen-bond donors (Lipinski definition) is 3. The number of nitrogen functional groups attached to an aromatic ring is 1. The summed E-state index contributed by atoms with van der Waals surface area (Å²) >= 11 is 0. The molecular weight excluding hydrogens is 283 g/mol. The van der Waals surface area contributed by atoms with E-state index in [0.717, 1.165) is 12.1 Å². The maximum Gasteiger partial charge on any atom is 0.416 e. The molecule has 8 heteroatoms. The van der Waals surface area contributed by atoms with Crippen molar-refractivity contribution in [2.24, 2.45) is 5.73 Å². The van der Waals surface area contributed by atoms with Gasteiger partial charge in [-0.15, -0.1) is 0 Å². The van der Waals surface area contributed by atoms with Crippen LogP contribution in [0.15, 0.2) is 30.5 Å². The maximum atomic E-state index is 12.8. The second-order valence-corrected chi connectivity index (χ2v) is 4.28. The largest absolute Gasteiger partial charge is 0.416 e. The molecule has 0 fully saturated rings. The van der Waals surface area contributed by atoms with Crippen LogP contribution >= 0.6 is 0 Å². The van der Waals surface area contributed by atoms with Crippen LogP contribution in [0, 0.1) is 0 Å². The third-order valence-electron chi connectivity index (χ3n) is 2.73. The number of anilines is 2. The van der Waals surface area contributed by atoms with Crippen LogP contribution in [0.5, 0.6) is 0 Å². The lowest BCUT2D eigenvalue weighted by molar-refractivity contribution is -0.137. The van der Waals surface area contributed by atoms with Gasteiger partial charge in [0, 0.05) is 18.7 Å². The summed E-state index contributed by atoms with van der Waals surface area (Å²) in [5.41, 5.74) is 11.3. The Morgan fingerprint density at radius 1 is 1.24 bits per heavy atom. The van der Waals surface area contributed by atoms with E-state index in [1.807, 2.05) is 0 Å². The van der Waals surface area contributed by atoms with E-state index in [1.165, 1.54) is 18.3 Å². The quantitative estimate of drug-likeness (QED) is 0.804. The van der Waals surface area contributed by atoms with Crippen LogP contribution in [-0.2, 0) is 6.18 Å². The normalized spacial score (nSPS) is 11.4. The average Bonchev–Trinajstić information content (AvgIpc) is 2.45. The van der Waals surface area contributed by atoms with Crippen molar-refractivity contribution in [1.29, 1.82) is 0 Å². The Labute approximate surface area is 119 Å². The zero-order valence-corrected chi connectivity index (χ0v) is 11.0. The first-order chi connectivity index (χ1) is 9.91. The van der Waals surface area contributed by atoms with Crippen molar-refractivity contribution in [2.75, 3.05) is 24.1 Å². The van der Waals surface area contributed by atoms with Gasteiger partial charge in [-0.2, -0.15) is 13.2 Å². The number of nitrogens with one attached hydrogen (secondary N) is 1. The molecule has 0 atom stereocenters. The van der Waals surface area contributed by atoms with E-state index < -0.39 is 11.7 Å². The monoisotopic (exact) mass is 297 g/mol. The Bertz CT molecular complexity index is 627. The molecule has 2 aromatic rings. The summed E-state index contributed by atoms with van der Waals surface area (Å²) in [7, 11) is 0. The van der Waals surface area contributed by atoms with Crippen molar-refractivity contribution >= 4 is 11.6 Å². The molecule has 1 heterocycles. The molecule has 1 aromatic carbocycles. The van der Waals surface area contributed by atoms with Crippen molar-refractivity contribution in [3.8, 4) is 11.3 Å². The third-order valence-corrected chi connectivity index (χ3v) is 2.73. The van der Waals surface area contributed by atoms with Gasteiger partial charge in [-0.25, -0.2) is 9.97 Å². The third kappa shape index (κ3) is 3.60. The molecule has 5 nitrogen and oxygen atoms in total. The highest BCUT2D eigenvalue weighted by Crippen LogP contribution is 2.33. The van der Waals surface area contributed by atoms with E-state index in [4.69, 9.17) is 11.5 Å². The minimum absolute atomic E-state index is 0.0132. The molecule has 0 unspecified atom stereocenters. The minimum Gasteiger partial charge on any atom is -0.381 e. The molecule has 0 saturated carbocycles. The van der Waals surface area contributed by atoms with Gasteiger partial charge in [0.25, 0.3) is 0 Å². The first-order valence-electron chi connectivity index (χ1n) is 6.16. The molecule has 2 rings (SSSR count). The highest BCUT2D eigenvalue weighted by molar-refractivity contribution is 5.74. The Balaban J connectivity index is 2.47. The van der Waals surface area contributed by atoms with Crippen molar-refractivity contribution in [3.05, 3.63) is 36.0 Å². The highest BCUT2D eigenvalue weighted by Gasteiger charge is 2.30. The van der Waals surface area contributed by atoms with E-state index in [9.17, 15) is 13.2 Å². The maximum absolute atomic E-state index is 12.8. The zero-order valence-electron chi connectivity index (χ0n) is 11.0. The van der Waals surface area contributed by atoms with Gasteiger partial charge in [-0.1, -0.05) is 12.1 Å². The SMILES string of the molecule is NCCNc1cnc(N)nc1-c1cccc(C(F)(F)F)c1. The van der Waals surface area contributed by atoms with Crippen LogP contribution < -0.4 is 16.8 Å². The van der Waals surface area contributed by atoms with Gasteiger partial charge in [0.05, 0.1) is 23.1 Å². The molecule has 0 aliphatic rings. The lowest BCUT2D eigenvalue weighted by atomic mass is 10.1. The Kier molecular flexibility index (Phi) is 4.27. The van der Waals surface area contributed by atoms with Crippen LogP contribution in [-0.4, -0.2) is 23.1 Å². The molecular formula is C13H14F3N5. The van der Waals surface area contributed by atoms with Crippen molar-refractivity contribution in [2.45, 2.75) is 6.18 Å². The van der Waals surface area contributed by atoms with Gasteiger partial charge in [-0.3, -0.25) is 0 Å². The molecule has 0 aliphatic carbocycles. The van der Waals surface area contributed by atoms with Gasteiger partial charge in [0.1, 0.15) is 0 Å². The molecule has 0 spiro atoms. The molecule has 5 N–H and O–H groups in total. The van der Waals surface area contributed by atoms with Crippen LogP contribution in [0.2, 0.25) is 0 Å². The predicted molar refractivity (Wildman–Crippen MR) is 74.4 cm³/mol. The van der Waals surface area contributed by atoms with Gasteiger partial charge < -0.3 is 16.8 Å². The summed E-state index contributed by atoms with van der Waals surface area (Å²) < 4.78 is 38.3. The van der Waals surface area contributed by atoms with Gasteiger partial charge in [0.2, 0.25) is 5.95 Å². The Morgan fingerprint density at radius 2 is 2.00 bits per heavy atom. The van der Waals surface area contributed by atoms with Gasteiger partial charge in [-0.05, 0) is 12.1 Å². The molecule has 0 aliphatic heterocycles. The van der Waals surface area contributed by atoms with Crippen LogP contribution in [0.25, 0.3) is 11.3 Å². The molecule has 0 amide bonds. The topological polar surface area (TPSA) is 89.8 Å². The van der Waals surface area contributed by atoms with E-state index in [-0.39, 0.29) is 5.95 Å². The van der Waals surface area contributed by atoms with E-state index in [1.54, 1.807) is 0 Å². The molecule has 0 radical (unpaired) electrons. The first-order valence-corrected chi connectivity index (χ1v) is 6.16. The standard InChI is InChI=1S/C13H14F3N5/c14-13(15,16)9-3-1-2-8(6-9)11-10(19-5-4-17)7-20-12(18)21-11/h1-3,6-7,19H,4-5,17H2,(H2,18,20,21). The second-order valence-electron chi connectivity index (χ2n) is 4.28. The van der Waals surface area contributed by atoms with E-state index in [0.29, 0.717) is 30.0 Å². The number of halogens is 3. The summed E-state index contributed by atoms with van der Waals surface area (Å²) in [5.74, 6) is -0.0132. The Hall–Kier alpha value is -2.35. The molecule has 0 bridgehead atoms. The second kappa shape index (κ2) is 5.96. The summed E-state index contributed by atoms with van der Waals surface area (Å²) in [6, 6.07) is 4.88. The van der Waals surface area contributed by atoms with Crippen molar-refractivity contribution in [3.63, 3.8) is 0 Å². The van der Waals surface area contributed by atoms with E-state index >= 15 is 0 Å². The lowest BCUT2D eigenvalue weighted by Gasteiger charge is -2.12. The minimum atomic E-state index is -4.42. The fraction of sp³-hybridized carbons (Fsp3) is 0.231. The lowest BCUT2D eigenvalue weighted by Crippen LogP contribution is -2.14. The number of hydrogen-bond acceptors (Lipinski definition) is 5. The smallest absolute Gasteiger partial charge is 0.381 e. The predicted octanol–water partition coefficient (Wildman–Crippen LogP) is 2.12. The van der Waals surface area contributed by atoms with Gasteiger partial charge >= 0.3 is 6.18 Å². The average molecular weight is 297 g/mol. The van der Waals surface area contributed by atoms with Gasteiger partial charge in [0.15, 0.2) is 0 Å². The fourth-order valence-electron chi connectivity index (χ4n) is 1.79. The van der Waals surface area contributed by atoms with Crippen molar-refractivity contribution in [1.82, 2.24) is 9.97 Å². The summed E-state index contributed by atoms with van der Waals surface area (Å²) in [4.78, 5) is 7.85. The molecule has 0 saturated heterocycles. The van der Waals surface area contributed by atoms with E-state index in [2.05, 4.69) is 15.3 Å². The van der Waals surface area contributed by atoms with Crippen LogP contribution in [0.1, 0.15) is 5.56 Å². The van der Waals surface area contributed by atoms with Crippen LogP contribution in [0.3, 0.4) is 0 Å². The summed E-state index contributed by atoms with van der Waals surface area (Å²) in [6.07, 6.45) is -2.99. The zero-order chi connectivity index (χ0) is 15.5. The number of aromatic nitrogens is 2. The summed E-state index contributed by atoms with van der Waals surface area (Å²) in [6.45, 7) is 0.811. The van der Waals surface area contributed by atoms with Crippen molar-refractivity contribution < 1.29 is 13.2 Å². The Morgan fingerprint density at radius 3 is 2.67 bits per heavy atom. The number of alkyl halides is 3. The first kappa shape index (κ1) is 15.0. The number of rotatable bonds is 4. The number of benzene rings is 1. The highest BCUT2D eigenvalue weighted by atomic mass is 19.4. The molecule has 112 valence electrons. The number of nitrogens with zero attached hydrogens (tertiary/aromatic N) is 2.